The first-order valence-corrected chi connectivity index (χ1v) is 5.93. The normalized spacial score (nSPS) is 15.3. The maximum absolute atomic E-state index is 10.3. The van der Waals surface area contributed by atoms with E-state index in [0.29, 0.717) is 12.6 Å². The van der Waals surface area contributed by atoms with Crippen LogP contribution in [0.5, 0.6) is 0 Å². The van der Waals surface area contributed by atoms with Gasteiger partial charge in [-0.15, -0.1) is 0 Å². The summed E-state index contributed by atoms with van der Waals surface area (Å²) in [5, 5.41) is 13.5. The minimum absolute atomic E-state index is 0.378. The molecule has 0 spiro atoms. The van der Waals surface area contributed by atoms with E-state index in [0.717, 1.165) is 10.0 Å². The molecule has 0 fully saturated rings. The van der Waals surface area contributed by atoms with E-state index in [1.165, 1.54) is 0 Å². The van der Waals surface area contributed by atoms with Crippen molar-refractivity contribution in [1.29, 1.82) is 0 Å². The summed E-state index contributed by atoms with van der Waals surface area (Å²) in [6.45, 7) is 6.51. The van der Waals surface area contributed by atoms with E-state index in [4.69, 9.17) is 0 Å². The van der Waals surface area contributed by atoms with Crippen LogP contribution in [0.3, 0.4) is 0 Å². The maximum atomic E-state index is 10.3. The molecule has 0 saturated heterocycles. The van der Waals surface area contributed by atoms with E-state index < -0.39 is 5.60 Å². The van der Waals surface area contributed by atoms with Crippen LogP contribution in [0.2, 0.25) is 0 Å². The van der Waals surface area contributed by atoms with E-state index in [2.05, 4.69) is 35.1 Å². The van der Waals surface area contributed by atoms with Crippen LogP contribution in [0, 0.1) is 0 Å². The van der Waals surface area contributed by atoms with Crippen molar-refractivity contribution in [3.05, 3.63) is 34.3 Å². The van der Waals surface area contributed by atoms with Crippen LogP contribution >= 0.6 is 15.9 Å². The summed E-state index contributed by atoms with van der Waals surface area (Å²) in [6, 6.07) is 8.15. The lowest BCUT2D eigenvalue weighted by atomic mass is 9.96. The Morgan fingerprint density at radius 2 is 2.13 bits per heavy atom. The summed E-state index contributed by atoms with van der Waals surface area (Å²) >= 11 is 3.40. The molecule has 84 valence electrons. The Kier molecular flexibility index (Phi) is 4.32. The van der Waals surface area contributed by atoms with Crippen molar-refractivity contribution in [2.45, 2.75) is 32.4 Å². The first kappa shape index (κ1) is 12.7. The predicted octanol–water partition coefficient (Wildman–Crippen LogP) is 2.65. The third-order valence-corrected chi connectivity index (χ3v) is 2.79. The van der Waals surface area contributed by atoms with Crippen molar-refractivity contribution in [3.63, 3.8) is 0 Å². The smallest absolute Gasteiger partial charge is 0.0992 e. The highest BCUT2D eigenvalue weighted by atomic mass is 79.9. The maximum Gasteiger partial charge on any atom is 0.0992 e. The van der Waals surface area contributed by atoms with Gasteiger partial charge in [-0.3, -0.25) is 0 Å². The van der Waals surface area contributed by atoms with E-state index in [1.807, 2.05) is 31.2 Å². The van der Waals surface area contributed by atoms with Crippen LogP contribution in [-0.2, 0) is 5.60 Å². The molecule has 1 atom stereocenters. The lowest BCUT2D eigenvalue weighted by Gasteiger charge is -2.25. The first-order chi connectivity index (χ1) is 6.92. The molecule has 15 heavy (non-hydrogen) atoms. The number of rotatable bonds is 4. The molecule has 2 nitrogen and oxygen atoms in total. The standard InChI is InChI=1S/C12H18BrNO/c1-9(2)14-8-12(3,15)10-5-4-6-11(13)7-10/h4-7,9,14-15H,8H2,1-3H3. The molecule has 0 aliphatic heterocycles. The molecule has 0 radical (unpaired) electrons. The van der Waals surface area contributed by atoms with Crippen molar-refractivity contribution in [2.75, 3.05) is 6.54 Å². The minimum atomic E-state index is -0.825. The van der Waals surface area contributed by atoms with Gasteiger partial charge in [0.1, 0.15) is 0 Å². The Balaban J connectivity index is 2.76. The average molecular weight is 272 g/mol. The number of benzene rings is 1. The molecule has 0 saturated carbocycles. The van der Waals surface area contributed by atoms with Crippen molar-refractivity contribution in [3.8, 4) is 0 Å². The summed E-state index contributed by atoms with van der Waals surface area (Å²) in [4.78, 5) is 0. The molecule has 1 rings (SSSR count). The molecule has 0 aliphatic rings. The summed E-state index contributed by atoms with van der Waals surface area (Å²) in [6.07, 6.45) is 0. The van der Waals surface area contributed by atoms with Gasteiger partial charge in [-0.1, -0.05) is 41.9 Å². The van der Waals surface area contributed by atoms with Crippen LogP contribution in [0.25, 0.3) is 0 Å². The van der Waals surface area contributed by atoms with Crippen molar-refractivity contribution >= 4 is 15.9 Å². The Bertz CT molecular complexity index is 323. The highest BCUT2D eigenvalue weighted by molar-refractivity contribution is 9.10. The lowest BCUT2D eigenvalue weighted by molar-refractivity contribution is 0.0549. The third-order valence-electron chi connectivity index (χ3n) is 2.30. The summed E-state index contributed by atoms with van der Waals surface area (Å²) < 4.78 is 0.991. The molecular weight excluding hydrogens is 254 g/mol. The summed E-state index contributed by atoms with van der Waals surface area (Å²) in [5.41, 5.74) is 0.0960. The zero-order chi connectivity index (χ0) is 11.5. The van der Waals surface area contributed by atoms with Gasteiger partial charge in [-0.2, -0.15) is 0 Å². The minimum Gasteiger partial charge on any atom is -0.384 e. The zero-order valence-electron chi connectivity index (χ0n) is 9.42. The van der Waals surface area contributed by atoms with Crippen LogP contribution in [-0.4, -0.2) is 17.7 Å². The molecule has 3 heteroatoms. The number of nitrogens with one attached hydrogen (secondary N) is 1. The van der Waals surface area contributed by atoms with Crippen LogP contribution in [0.1, 0.15) is 26.3 Å². The number of halogens is 1. The van der Waals surface area contributed by atoms with Crippen LogP contribution < -0.4 is 5.32 Å². The van der Waals surface area contributed by atoms with Crippen LogP contribution in [0.4, 0.5) is 0 Å². The Hall–Kier alpha value is -0.380. The quantitative estimate of drug-likeness (QED) is 0.883. The second kappa shape index (κ2) is 5.10. The van der Waals surface area contributed by atoms with Crippen molar-refractivity contribution in [2.24, 2.45) is 0 Å². The third kappa shape index (κ3) is 3.93. The molecule has 0 heterocycles. The fourth-order valence-electron chi connectivity index (χ4n) is 1.33. The zero-order valence-corrected chi connectivity index (χ0v) is 11.0. The highest BCUT2D eigenvalue weighted by Gasteiger charge is 2.22. The summed E-state index contributed by atoms with van der Waals surface area (Å²) in [7, 11) is 0. The molecule has 1 aromatic carbocycles. The molecule has 1 unspecified atom stereocenters. The molecular formula is C12H18BrNO. The van der Waals surface area contributed by atoms with Crippen molar-refractivity contribution < 1.29 is 5.11 Å². The van der Waals surface area contributed by atoms with Crippen LogP contribution in [0.15, 0.2) is 28.7 Å². The molecule has 0 amide bonds. The van der Waals surface area contributed by atoms with Gasteiger partial charge >= 0.3 is 0 Å². The van der Waals surface area contributed by atoms with Gasteiger partial charge < -0.3 is 10.4 Å². The monoisotopic (exact) mass is 271 g/mol. The highest BCUT2D eigenvalue weighted by Crippen LogP contribution is 2.23. The lowest BCUT2D eigenvalue weighted by Crippen LogP contribution is -2.38. The van der Waals surface area contributed by atoms with Gasteiger partial charge in [-0.25, -0.2) is 0 Å². The Morgan fingerprint density at radius 1 is 1.47 bits per heavy atom. The topological polar surface area (TPSA) is 32.3 Å². The molecule has 0 aliphatic carbocycles. The van der Waals surface area contributed by atoms with Gasteiger partial charge in [0.2, 0.25) is 0 Å². The largest absolute Gasteiger partial charge is 0.384 e. The van der Waals surface area contributed by atoms with E-state index >= 15 is 0 Å². The average Bonchev–Trinajstić information content (AvgIpc) is 2.15. The number of hydrogen-bond donors (Lipinski definition) is 2. The van der Waals surface area contributed by atoms with Gasteiger partial charge in [-0.05, 0) is 24.6 Å². The fraction of sp³-hybridized carbons (Fsp3) is 0.500. The summed E-state index contributed by atoms with van der Waals surface area (Å²) in [5.74, 6) is 0. The van der Waals surface area contributed by atoms with E-state index in [1.54, 1.807) is 0 Å². The number of aliphatic hydroxyl groups is 1. The van der Waals surface area contributed by atoms with Gasteiger partial charge in [0.25, 0.3) is 0 Å². The van der Waals surface area contributed by atoms with Gasteiger partial charge in [0.15, 0.2) is 0 Å². The molecule has 1 aromatic rings. The van der Waals surface area contributed by atoms with E-state index in [9.17, 15) is 5.11 Å². The number of hydrogen-bond acceptors (Lipinski definition) is 2. The first-order valence-electron chi connectivity index (χ1n) is 5.13. The molecule has 0 aromatic heterocycles. The SMILES string of the molecule is CC(C)NCC(C)(O)c1cccc(Br)c1. The van der Waals surface area contributed by atoms with Gasteiger partial charge in [0, 0.05) is 17.1 Å². The molecule has 2 N–H and O–H groups in total. The Morgan fingerprint density at radius 3 is 2.67 bits per heavy atom. The van der Waals surface area contributed by atoms with Gasteiger partial charge in [0.05, 0.1) is 5.60 Å². The molecule has 0 bridgehead atoms. The fourth-order valence-corrected chi connectivity index (χ4v) is 1.73. The predicted molar refractivity (Wildman–Crippen MR) is 66.9 cm³/mol. The van der Waals surface area contributed by atoms with E-state index in [-0.39, 0.29) is 0 Å². The second-order valence-corrected chi connectivity index (χ2v) is 5.24. The van der Waals surface area contributed by atoms with Crippen molar-refractivity contribution in [1.82, 2.24) is 5.32 Å². The Labute approximate surface area is 99.8 Å². The second-order valence-electron chi connectivity index (χ2n) is 4.32.